The summed E-state index contributed by atoms with van der Waals surface area (Å²) >= 11 is 0. The van der Waals surface area contributed by atoms with E-state index in [1.165, 1.54) is 75.9 Å². The van der Waals surface area contributed by atoms with Crippen LogP contribution in [-0.4, -0.2) is 33.4 Å². The van der Waals surface area contributed by atoms with Gasteiger partial charge in [0.05, 0.1) is 0 Å². The Hall–Kier alpha value is -4.30. The first-order valence-corrected chi connectivity index (χ1v) is 30.5. The normalized spacial score (nSPS) is 12.3. The molecule has 8 aromatic rings. The van der Waals surface area contributed by atoms with E-state index in [9.17, 15) is 0 Å². The van der Waals surface area contributed by atoms with Gasteiger partial charge in [0, 0.05) is 0 Å². The third-order valence-corrected chi connectivity index (χ3v) is 26.1. The molecule has 2 atom stereocenters. The van der Waals surface area contributed by atoms with Crippen molar-refractivity contribution in [2.75, 3.05) is 24.6 Å². The molecule has 0 saturated carbocycles. The molecule has 8 rings (SSSR count). The molecule has 0 amide bonds. The fourth-order valence-electron chi connectivity index (χ4n) is 8.71. The fourth-order valence-corrected chi connectivity index (χ4v) is 24.0. The Kier molecular flexibility index (Phi) is 17.3. The molecule has 63 heavy (non-hydrogen) atoms. The van der Waals surface area contributed by atoms with Crippen molar-refractivity contribution >= 4 is 93.3 Å². The highest BCUT2D eigenvalue weighted by Crippen LogP contribution is 2.43. The average molecular weight is 908 g/mol. The third kappa shape index (κ3) is 12.1. The average Bonchev–Trinajstić information content (AvgIpc) is 3.36. The van der Waals surface area contributed by atoms with Crippen molar-refractivity contribution in [2.45, 2.75) is 38.7 Å². The summed E-state index contributed by atoms with van der Waals surface area (Å²) in [6, 6.07) is 89.3. The highest BCUT2D eigenvalue weighted by molar-refractivity contribution is 7.77. The van der Waals surface area contributed by atoms with Gasteiger partial charge in [-0.25, -0.2) is 0 Å². The van der Waals surface area contributed by atoms with E-state index in [4.69, 9.17) is 0 Å². The van der Waals surface area contributed by atoms with Gasteiger partial charge in [0.1, 0.15) is 0 Å². The lowest BCUT2D eigenvalue weighted by Gasteiger charge is -2.40. The zero-order valence-electron chi connectivity index (χ0n) is 36.6. The molecule has 2 unspecified atom stereocenters. The van der Waals surface area contributed by atoms with Gasteiger partial charge in [-0.2, -0.15) is 16.4 Å². The van der Waals surface area contributed by atoms with E-state index < -0.39 is 40.5 Å². The third-order valence-electron chi connectivity index (χ3n) is 11.8. The molecule has 0 aliphatic carbocycles. The molecule has 0 aliphatic heterocycles. The molecule has 0 aliphatic rings. The standard InChI is InChI=1S/C58H59P4Si/c1-2-3-4-27-48-63(57-42-25-23-40-55(57)61(53-36-19-9-20-37-53)46-44-59(49-28-11-5-12-29-49)50-30-13-6-14-31-50)58-43-26-24-41-56(58)62(54-38-21-10-22-39-54)47-45-60(51-32-15-7-16-33-51)52-34-17-8-18-35-52/h5-26,28-43H,2-4,27,44-48H2,1H3/q-1. The second-order valence-electron chi connectivity index (χ2n) is 15.9. The molecule has 0 bridgehead atoms. The van der Waals surface area contributed by atoms with E-state index in [1.807, 2.05) is 0 Å². The second kappa shape index (κ2) is 24.1. The number of unbranched alkanes of at least 4 members (excludes halogenated alkanes) is 3. The Balaban J connectivity index is 1.21. The topological polar surface area (TPSA) is 0 Å². The molecule has 5 heteroatoms. The van der Waals surface area contributed by atoms with Crippen molar-refractivity contribution in [2.24, 2.45) is 0 Å². The quantitative estimate of drug-likeness (QED) is 0.0383. The lowest BCUT2D eigenvalue weighted by atomic mass is 10.2. The van der Waals surface area contributed by atoms with Gasteiger partial charge in [-0.3, -0.25) is 8.80 Å². The van der Waals surface area contributed by atoms with Crippen molar-refractivity contribution in [3.05, 3.63) is 231 Å². The van der Waals surface area contributed by atoms with Gasteiger partial charge in [-0.05, 0) is 98.8 Å². The first-order valence-electron chi connectivity index (χ1n) is 22.7. The molecule has 8 aromatic carbocycles. The lowest BCUT2D eigenvalue weighted by molar-refractivity contribution is 0.700. The van der Waals surface area contributed by atoms with Crippen molar-refractivity contribution in [3.63, 3.8) is 0 Å². The summed E-state index contributed by atoms with van der Waals surface area (Å²) in [5, 5.41) is 15.4. The largest absolute Gasteiger partial charge is 0.250 e. The van der Waals surface area contributed by atoms with Crippen LogP contribution in [0.5, 0.6) is 0 Å². The number of hydrogen-bond donors (Lipinski definition) is 0. The molecular weight excluding hydrogens is 849 g/mol. The van der Waals surface area contributed by atoms with Gasteiger partial charge >= 0.3 is 0 Å². The number of benzene rings is 8. The van der Waals surface area contributed by atoms with E-state index in [1.54, 1.807) is 21.0 Å². The molecule has 0 heterocycles. The maximum Gasteiger partial charge on any atom is -0.0195 e. The van der Waals surface area contributed by atoms with Crippen LogP contribution in [0.1, 0.15) is 32.6 Å². The summed E-state index contributed by atoms with van der Waals surface area (Å²) in [6.07, 6.45) is 9.79. The van der Waals surface area contributed by atoms with Crippen molar-refractivity contribution < 1.29 is 0 Å². The summed E-state index contributed by atoms with van der Waals surface area (Å²) in [6.45, 7) is 2.34. The maximum atomic E-state index is 2.56. The zero-order chi connectivity index (χ0) is 42.9. The van der Waals surface area contributed by atoms with Crippen LogP contribution in [0.25, 0.3) is 0 Å². The lowest BCUT2D eigenvalue weighted by Crippen LogP contribution is -2.53. The molecule has 0 saturated heterocycles. The van der Waals surface area contributed by atoms with Crippen LogP contribution >= 0.6 is 31.7 Å². The minimum absolute atomic E-state index is 0.501. The Morgan fingerprint density at radius 3 is 0.873 bits per heavy atom. The van der Waals surface area contributed by atoms with Crippen LogP contribution in [-0.2, 0) is 0 Å². The summed E-state index contributed by atoms with van der Waals surface area (Å²) in [4.78, 5) is 0. The summed E-state index contributed by atoms with van der Waals surface area (Å²) in [5.74, 6) is 0. The predicted molar refractivity (Wildman–Crippen MR) is 290 cm³/mol. The van der Waals surface area contributed by atoms with E-state index >= 15 is 0 Å². The summed E-state index contributed by atoms with van der Waals surface area (Å²) in [5.41, 5.74) is 0. The molecule has 0 spiro atoms. The molecule has 0 fully saturated rings. The monoisotopic (exact) mass is 907 g/mol. The summed E-state index contributed by atoms with van der Waals surface area (Å²) < 4.78 is 0. The van der Waals surface area contributed by atoms with Gasteiger partial charge in [0.15, 0.2) is 0 Å². The van der Waals surface area contributed by atoms with E-state index in [0.717, 1.165) is 12.3 Å². The molecule has 0 N–H and O–H groups in total. The molecule has 0 aromatic heterocycles. The maximum absolute atomic E-state index is 2.56. The minimum Gasteiger partial charge on any atom is -0.250 e. The van der Waals surface area contributed by atoms with Crippen LogP contribution in [0.2, 0.25) is 6.04 Å². The highest BCUT2D eigenvalue weighted by Gasteiger charge is 2.24. The Morgan fingerprint density at radius 1 is 0.286 bits per heavy atom. The number of hydrogen-bond acceptors (Lipinski definition) is 0. The van der Waals surface area contributed by atoms with Crippen LogP contribution in [0.4, 0.5) is 0 Å². The van der Waals surface area contributed by atoms with Crippen molar-refractivity contribution in [1.29, 1.82) is 0 Å². The van der Waals surface area contributed by atoms with Crippen molar-refractivity contribution in [3.8, 4) is 0 Å². The first kappa shape index (κ1) is 45.3. The van der Waals surface area contributed by atoms with Gasteiger partial charge < -0.3 is 0 Å². The van der Waals surface area contributed by atoms with E-state index in [0.29, 0.717) is 0 Å². The van der Waals surface area contributed by atoms with E-state index in [2.05, 4.69) is 237 Å². The SMILES string of the molecule is CCCCCC[Si-](c1ccccc1P(CCP(c1ccccc1)c1ccccc1)c1ccccc1)c1ccccc1P(CCP(c1ccccc1)c1ccccc1)c1ccccc1. The van der Waals surface area contributed by atoms with Crippen molar-refractivity contribution in [1.82, 2.24) is 0 Å². The van der Waals surface area contributed by atoms with Crippen LogP contribution in [0, 0.1) is 0 Å². The van der Waals surface area contributed by atoms with Crippen LogP contribution < -0.4 is 52.8 Å². The van der Waals surface area contributed by atoms with Gasteiger partial charge in [0.2, 0.25) is 0 Å². The molecule has 0 radical (unpaired) electrons. The van der Waals surface area contributed by atoms with Crippen LogP contribution in [0.3, 0.4) is 0 Å². The molecular formula is C58H59P4Si-. The fraction of sp³-hybridized carbons (Fsp3) is 0.172. The Morgan fingerprint density at radius 2 is 0.556 bits per heavy atom. The summed E-state index contributed by atoms with van der Waals surface area (Å²) in [7, 11) is -3.42. The minimum atomic E-state index is -1.18. The zero-order valence-corrected chi connectivity index (χ0v) is 41.2. The Bertz CT molecular complexity index is 2270. The molecule has 316 valence electrons. The van der Waals surface area contributed by atoms with Crippen LogP contribution in [0.15, 0.2) is 231 Å². The Labute approximate surface area is 384 Å². The first-order chi connectivity index (χ1) is 31.3. The highest BCUT2D eigenvalue weighted by atomic mass is 31.1. The smallest absolute Gasteiger partial charge is 0.0195 e. The van der Waals surface area contributed by atoms with E-state index in [-0.39, 0.29) is 0 Å². The predicted octanol–water partition coefficient (Wildman–Crippen LogP) is 11.0. The number of rotatable bonds is 21. The van der Waals surface area contributed by atoms with Gasteiger partial charge in [0.25, 0.3) is 0 Å². The second-order valence-corrected chi connectivity index (χ2v) is 27.8. The molecule has 0 nitrogen and oxygen atoms in total. The van der Waals surface area contributed by atoms with Gasteiger partial charge in [-0.1, -0.05) is 263 Å². The van der Waals surface area contributed by atoms with Gasteiger partial charge in [-0.15, -0.1) is 0 Å².